The fourth-order valence-corrected chi connectivity index (χ4v) is 1.89. The Bertz CT molecular complexity index is 535. The third-order valence-electron chi connectivity index (χ3n) is 2.66. The summed E-state index contributed by atoms with van der Waals surface area (Å²) >= 11 is 0. The van der Waals surface area contributed by atoms with Crippen molar-refractivity contribution in [1.82, 2.24) is 4.98 Å². The first-order chi connectivity index (χ1) is 8.13. The van der Waals surface area contributed by atoms with Crippen LogP contribution in [0.3, 0.4) is 0 Å². The second-order valence-electron chi connectivity index (χ2n) is 4.26. The Hall–Kier alpha value is -1.77. The van der Waals surface area contributed by atoms with Crippen LogP contribution in [0.15, 0.2) is 24.4 Å². The molecule has 90 valence electrons. The molecule has 3 heteroatoms. The zero-order valence-electron chi connectivity index (χ0n) is 10.7. The average Bonchev–Trinajstić information content (AvgIpc) is 2.30. The van der Waals surface area contributed by atoms with E-state index >= 15 is 0 Å². The number of hydrogen-bond donors (Lipinski definition) is 0. The lowest BCUT2D eigenvalue weighted by Crippen LogP contribution is -2.06. The molecule has 0 aliphatic carbocycles. The van der Waals surface area contributed by atoms with Gasteiger partial charge in [0.15, 0.2) is 0 Å². The molecule has 0 radical (unpaired) electrons. The van der Waals surface area contributed by atoms with E-state index < -0.39 is 0 Å². The van der Waals surface area contributed by atoms with Crippen LogP contribution in [-0.2, 0) is 0 Å². The summed E-state index contributed by atoms with van der Waals surface area (Å²) in [5.74, 6) is 1.72. The van der Waals surface area contributed by atoms with Crippen LogP contribution in [0.25, 0.3) is 10.9 Å². The molecule has 1 aromatic heterocycles. The molecule has 1 heterocycles. The molecule has 0 saturated heterocycles. The lowest BCUT2D eigenvalue weighted by atomic mass is 10.1. The number of hydrogen-bond acceptors (Lipinski definition) is 3. The number of fused-ring (bicyclic) bond motifs is 1. The molecule has 2 aromatic rings. The molecule has 0 unspecified atom stereocenters. The number of ether oxygens (including phenoxy) is 2. The molecule has 3 nitrogen and oxygen atoms in total. The Morgan fingerprint density at radius 2 is 1.88 bits per heavy atom. The Morgan fingerprint density at radius 1 is 1.12 bits per heavy atom. The molecule has 2 rings (SSSR count). The summed E-state index contributed by atoms with van der Waals surface area (Å²) in [6, 6.07) is 5.84. The smallest absolute Gasteiger partial charge is 0.130 e. The van der Waals surface area contributed by atoms with Crippen LogP contribution in [0.5, 0.6) is 11.5 Å². The maximum absolute atomic E-state index is 5.78. The van der Waals surface area contributed by atoms with E-state index in [1.807, 2.05) is 39.0 Å². The predicted octanol–water partition coefficient (Wildman–Crippen LogP) is 3.34. The fraction of sp³-hybridized carbons (Fsp3) is 0.357. The molecule has 0 amide bonds. The van der Waals surface area contributed by atoms with Crippen LogP contribution >= 0.6 is 0 Å². The first-order valence-corrected chi connectivity index (χ1v) is 5.72. The van der Waals surface area contributed by atoms with Crippen LogP contribution < -0.4 is 9.47 Å². The molecule has 17 heavy (non-hydrogen) atoms. The lowest BCUT2D eigenvalue weighted by Gasteiger charge is -2.13. The van der Waals surface area contributed by atoms with Crippen molar-refractivity contribution < 1.29 is 9.47 Å². The lowest BCUT2D eigenvalue weighted by molar-refractivity contribution is 0.245. The van der Waals surface area contributed by atoms with Gasteiger partial charge in [0.25, 0.3) is 0 Å². The van der Waals surface area contributed by atoms with Crippen molar-refractivity contribution in [2.45, 2.75) is 26.9 Å². The highest BCUT2D eigenvalue weighted by Gasteiger charge is 2.09. The van der Waals surface area contributed by atoms with Gasteiger partial charge < -0.3 is 9.47 Å². The third-order valence-corrected chi connectivity index (χ3v) is 2.66. The number of pyridine rings is 1. The zero-order valence-corrected chi connectivity index (χ0v) is 10.7. The standard InChI is InChI=1S/C14H17NO2/c1-9(2)17-13-7-8-15-14-10(3)12(16-4)6-5-11(13)14/h5-9H,1-4H3. The monoisotopic (exact) mass is 231 g/mol. The Labute approximate surface area is 101 Å². The van der Waals surface area contributed by atoms with Crippen molar-refractivity contribution in [3.05, 3.63) is 30.0 Å². The summed E-state index contributed by atoms with van der Waals surface area (Å²) in [5, 5.41) is 1.03. The summed E-state index contributed by atoms with van der Waals surface area (Å²) in [6.45, 7) is 6.04. The van der Waals surface area contributed by atoms with Crippen LogP contribution in [0.2, 0.25) is 0 Å². The number of nitrogens with zero attached hydrogens (tertiary/aromatic N) is 1. The molecule has 0 aliphatic rings. The average molecular weight is 231 g/mol. The molecular weight excluding hydrogens is 214 g/mol. The van der Waals surface area contributed by atoms with Gasteiger partial charge in [-0.05, 0) is 39.0 Å². The quantitative estimate of drug-likeness (QED) is 0.811. The van der Waals surface area contributed by atoms with E-state index in [1.54, 1.807) is 13.3 Å². The Balaban J connectivity index is 2.62. The van der Waals surface area contributed by atoms with Gasteiger partial charge >= 0.3 is 0 Å². The molecule has 0 N–H and O–H groups in total. The zero-order chi connectivity index (χ0) is 12.4. The van der Waals surface area contributed by atoms with Crippen molar-refractivity contribution in [3.8, 4) is 11.5 Å². The first kappa shape index (κ1) is 11.7. The minimum atomic E-state index is 0.156. The maximum Gasteiger partial charge on any atom is 0.130 e. The van der Waals surface area contributed by atoms with E-state index in [0.717, 1.165) is 28.0 Å². The molecule has 1 aromatic carbocycles. The number of aryl methyl sites for hydroxylation is 1. The molecule has 0 aliphatic heterocycles. The number of benzene rings is 1. The predicted molar refractivity (Wildman–Crippen MR) is 68.8 cm³/mol. The molecule has 0 fully saturated rings. The number of methoxy groups -OCH3 is 1. The van der Waals surface area contributed by atoms with Gasteiger partial charge in [0.05, 0.1) is 18.7 Å². The first-order valence-electron chi connectivity index (χ1n) is 5.72. The molecular formula is C14H17NO2. The van der Waals surface area contributed by atoms with E-state index in [0.29, 0.717) is 0 Å². The second kappa shape index (κ2) is 4.62. The van der Waals surface area contributed by atoms with Crippen LogP contribution in [0.1, 0.15) is 19.4 Å². The maximum atomic E-state index is 5.78. The highest BCUT2D eigenvalue weighted by molar-refractivity contribution is 5.89. The fourth-order valence-electron chi connectivity index (χ4n) is 1.89. The van der Waals surface area contributed by atoms with E-state index in [2.05, 4.69) is 4.98 Å². The van der Waals surface area contributed by atoms with Crippen LogP contribution in [0, 0.1) is 6.92 Å². The van der Waals surface area contributed by atoms with Crippen molar-refractivity contribution >= 4 is 10.9 Å². The van der Waals surface area contributed by atoms with Gasteiger partial charge in [-0.3, -0.25) is 4.98 Å². The largest absolute Gasteiger partial charge is 0.496 e. The number of aromatic nitrogens is 1. The van der Waals surface area contributed by atoms with Gasteiger partial charge in [-0.15, -0.1) is 0 Å². The SMILES string of the molecule is COc1ccc2c(OC(C)C)ccnc2c1C. The summed E-state index contributed by atoms with van der Waals surface area (Å²) in [6.07, 6.45) is 1.93. The molecule has 0 saturated carbocycles. The minimum absolute atomic E-state index is 0.156. The van der Waals surface area contributed by atoms with Gasteiger partial charge in [0.2, 0.25) is 0 Å². The van der Waals surface area contributed by atoms with Crippen molar-refractivity contribution in [3.63, 3.8) is 0 Å². The third kappa shape index (κ3) is 2.18. The second-order valence-corrected chi connectivity index (χ2v) is 4.26. The molecule has 0 bridgehead atoms. The van der Waals surface area contributed by atoms with E-state index in [1.165, 1.54) is 0 Å². The van der Waals surface area contributed by atoms with Crippen LogP contribution in [-0.4, -0.2) is 18.2 Å². The highest BCUT2D eigenvalue weighted by Crippen LogP contribution is 2.31. The van der Waals surface area contributed by atoms with E-state index in [4.69, 9.17) is 9.47 Å². The van der Waals surface area contributed by atoms with Crippen molar-refractivity contribution in [2.75, 3.05) is 7.11 Å². The van der Waals surface area contributed by atoms with Crippen LogP contribution in [0.4, 0.5) is 0 Å². The molecule has 0 spiro atoms. The van der Waals surface area contributed by atoms with Gasteiger partial charge in [-0.2, -0.15) is 0 Å². The normalized spacial score (nSPS) is 10.9. The van der Waals surface area contributed by atoms with E-state index in [-0.39, 0.29) is 6.10 Å². The van der Waals surface area contributed by atoms with Gasteiger partial charge in [-0.1, -0.05) is 0 Å². The van der Waals surface area contributed by atoms with Crippen molar-refractivity contribution in [1.29, 1.82) is 0 Å². The van der Waals surface area contributed by atoms with Gasteiger partial charge in [0, 0.05) is 17.1 Å². The van der Waals surface area contributed by atoms with E-state index in [9.17, 15) is 0 Å². The van der Waals surface area contributed by atoms with Crippen molar-refractivity contribution in [2.24, 2.45) is 0 Å². The summed E-state index contributed by atoms with van der Waals surface area (Å²) in [7, 11) is 1.67. The summed E-state index contributed by atoms with van der Waals surface area (Å²) in [4.78, 5) is 4.40. The number of rotatable bonds is 3. The summed E-state index contributed by atoms with van der Waals surface area (Å²) < 4.78 is 11.1. The Morgan fingerprint density at radius 3 is 2.53 bits per heavy atom. The molecule has 0 atom stereocenters. The van der Waals surface area contributed by atoms with Gasteiger partial charge in [-0.25, -0.2) is 0 Å². The topological polar surface area (TPSA) is 31.4 Å². The summed E-state index contributed by atoms with van der Waals surface area (Å²) in [5.41, 5.74) is 1.97. The minimum Gasteiger partial charge on any atom is -0.496 e. The highest BCUT2D eigenvalue weighted by atomic mass is 16.5. The Kier molecular flexibility index (Phi) is 3.18. The van der Waals surface area contributed by atoms with Gasteiger partial charge in [0.1, 0.15) is 11.5 Å².